The van der Waals surface area contributed by atoms with E-state index in [-0.39, 0.29) is 12.3 Å². The topological polar surface area (TPSA) is 63.4 Å². The Morgan fingerprint density at radius 3 is 2.72 bits per heavy atom. The van der Waals surface area contributed by atoms with E-state index in [4.69, 9.17) is 12.2 Å². The molecule has 0 atom stereocenters. The standard InChI is InChI=1S/C13H18N2O2S/c1-3-8-15(9-4-2)18(16,17)11-12-6-5-7-13(14)10-12/h1,5-7,10H,4,8-9,11,14H2,2H3. The van der Waals surface area contributed by atoms with Crippen LogP contribution in [-0.4, -0.2) is 25.8 Å². The highest BCUT2D eigenvalue weighted by atomic mass is 32.2. The van der Waals surface area contributed by atoms with Gasteiger partial charge in [0, 0.05) is 12.2 Å². The zero-order valence-electron chi connectivity index (χ0n) is 10.5. The van der Waals surface area contributed by atoms with Crippen LogP contribution in [0.3, 0.4) is 0 Å². The number of nitrogen functional groups attached to an aromatic ring is 1. The largest absolute Gasteiger partial charge is 0.399 e. The average molecular weight is 266 g/mol. The van der Waals surface area contributed by atoms with E-state index in [1.54, 1.807) is 24.3 Å². The summed E-state index contributed by atoms with van der Waals surface area (Å²) in [5.41, 5.74) is 6.86. The maximum atomic E-state index is 12.2. The van der Waals surface area contributed by atoms with Crippen LogP contribution in [0.15, 0.2) is 24.3 Å². The number of rotatable bonds is 6. The molecule has 0 fully saturated rings. The van der Waals surface area contributed by atoms with Gasteiger partial charge in [0.05, 0.1) is 12.3 Å². The molecule has 0 aliphatic carbocycles. The first-order valence-electron chi connectivity index (χ1n) is 5.75. The third kappa shape index (κ3) is 4.06. The summed E-state index contributed by atoms with van der Waals surface area (Å²) in [5, 5.41) is 0. The van der Waals surface area contributed by atoms with Crippen LogP contribution in [0.1, 0.15) is 18.9 Å². The van der Waals surface area contributed by atoms with E-state index in [1.807, 2.05) is 6.92 Å². The van der Waals surface area contributed by atoms with Crippen LogP contribution in [0.25, 0.3) is 0 Å². The zero-order valence-corrected chi connectivity index (χ0v) is 11.3. The number of benzene rings is 1. The average Bonchev–Trinajstić information content (AvgIpc) is 2.28. The van der Waals surface area contributed by atoms with Crippen molar-refractivity contribution in [2.45, 2.75) is 19.1 Å². The van der Waals surface area contributed by atoms with Crippen molar-refractivity contribution >= 4 is 15.7 Å². The lowest BCUT2D eigenvalue weighted by Crippen LogP contribution is -2.33. The van der Waals surface area contributed by atoms with Crippen LogP contribution in [-0.2, 0) is 15.8 Å². The summed E-state index contributed by atoms with van der Waals surface area (Å²) < 4.78 is 25.7. The van der Waals surface area contributed by atoms with E-state index in [2.05, 4.69) is 5.92 Å². The highest BCUT2D eigenvalue weighted by Crippen LogP contribution is 2.13. The number of nitrogens with two attached hydrogens (primary N) is 1. The lowest BCUT2D eigenvalue weighted by atomic mass is 10.2. The van der Waals surface area contributed by atoms with Gasteiger partial charge in [-0.2, -0.15) is 4.31 Å². The molecule has 4 nitrogen and oxygen atoms in total. The van der Waals surface area contributed by atoms with Crippen molar-refractivity contribution in [3.05, 3.63) is 29.8 Å². The summed E-state index contributed by atoms with van der Waals surface area (Å²) in [4.78, 5) is 0. The molecule has 0 saturated heterocycles. The minimum atomic E-state index is -3.38. The normalized spacial score (nSPS) is 11.4. The lowest BCUT2D eigenvalue weighted by molar-refractivity contribution is 0.445. The van der Waals surface area contributed by atoms with E-state index in [1.165, 1.54) is 4.31 Å². The Kier molecular flexibility index (Phi) is 5.20. The third-order valence-electron chi connectivity index (χ3n) is 2.43. The Morgan fingerprint density at radius 1 is 1.44 bits per heavy atom. The smallest absolute Gasteiger partial charge is 0.219 e. The fourth-order valence-electron chi connectivity index (χ4n) is 1.65. The number of anilines is 1. The summed E-state index contributed by atoms with van der Waals surface area (Å²) in [6.07, 6.45) is 5.93. The van der Waals surface area contributed by atoms with Gasteiger partial charge in [-0.05, 0) is 24.1 Å². The Morgan fingerprint density at radius 2 is 2.17 bits per heavy atom. The molecule has 0 heterocycles. The Bertz CT molecular complexity index is 532. The van der Waals surface area contributed by atoms with Crippen molar-refractivity contribution < 1.29 is 8.42 Å². The molecule has 1 rings (SSSR count). The molecule has 1 aromatic rings. The maximum absolute atomic E-state index is 12.2. The first-order chi connectivity index (χ1) is 8.49. The molecule has 0 amide bonds. The van der Waals surface area contributed by atoms with Gasteiger partial charge in [0.15, 0.2) is 0 Å². The minimum absolute atomic E-state index is 0.0697. The van der Waals surface area contributed by atoms with Gasteiger partial charge < -0.3 is 5.73 Å². The number of terminal acetylenes is 1. The first-order valence-corrected chi connectivity index (χ1v) is 7.36. The van der Waals surface area contributed by atoms with E-state index >= 15 is 0 Å². The fourth-order valence-corrected chi connectivity index (χ4v) is 3.17. The number of hydrogen-bond donors (Lipinski definition) is 1. The van der Waals surface area contributed by atoms with Gasteiger partial charge in [0.2, 0.25) is 10.0 Å². The van der Waals surface area contributed by atoms with Crippen molar-refractivity contribution in [3.8, 4) is 12.3 Å². The molecule has 2 N–H and O–H groups in total. The van der Waals surface area contributed by atoms with Crippen molar-refractivity contribution in [3.63, 3.8) is 0 Å². The molecule has 0 unspecified atom stereocenters. The summed E-state index contributed by atoms with van der Waals surface area (Å²) in [5.74, 6) is 2.31. The molecule has 0 aliphatic heterocycles. The van der Waals surface area contributed by atoms with Gasteiger partial charge >= 0.3 is 0 Å². The van der Waals surface area contributed by atoms with Gasteiger partial charge in [-0.1, -0.05) is 25.0 Å². The van der Waals surface area contributed by atoms with E-state index in [9.17, 15) is 8.42 Å². The number of nitrogens with zero attached hydrogens (tertiary/aromatic N) is 1. The quantitative estimate of drug-likeness (QED) is 0.626. The molecule has 0 aliphatic rings. The van der Waals surface area contributed by atoms with E-state index in [0.29, 0.717) is 17.8 Å². The summed E-state index contributed by atoms with van der Waals surface area (Å²) in [7, 11) is -3.38. The van der Waals surface area contributed by atoms with Crippen LogP contribution < -0.4 is 5.73 Å². The molecule has 0 bridgehead atoms. The predicted octanol–water partition coefficient (Wildman–Crippen LogP) is 1.44. The van der Waals surface area contributed by atoms with Crippen molar-refractivity contribution in [2.24, 2.45) is 0 Å². The fraction of sp³-hybridized carbons (Fsp3) is 0.385. The second-order valence-electron chi connectivity index (χ2n) is 4.04. The second-order valence-corrected chi connectivity index (χ2v) is 6.01. The van der Waals surface area contributed by atoms with Crippen LogP contribution >= 0.6 is 0 Å². The van der Waals surface area contributed by atoms with E-state index in [0.717, 1.165) is 6.42 Å². The van der Waals surface area contributed by atoms with Crippen LogP contribution in [0, 0.1) is 12.3 Å². The Hall–Kier alpha value is -1.51. The summed E-state index contributed by atoms with van der Waals surface area (Å²) in [6, 6.07) is 6.87. The van der Waals surface area contributed by atoms with Gasteiger partial charge in [-0.3, -0.25) is 0 Å². The van der Waals surface area contributed by atoms with Gasteiger partial charge in [0.1, 0.15) is 0 Å². The summed E-state index contributed by atoms with van der Waals surface area (Å²) in [6.45, 7) is 2.47. The molecule has 0 radical (unpaired) electrons. The molecule has 0 spiro atoms. The van der Waals surface area contributed by atoms with Crippen LogP contribution in [0.2, 0.25) is 0 Å². The predicted molar refractivity (Wildman–Crippen MR) is 74.2 cm³/mol. The van der Waals surface area contributed by atoms with Gasteiger partial charge in [-0.25, -0.2) is 8.42 Å². The van der Waals surface area contributed by atoms with Gasteiger partial charge in [0.25, 0.3) is 0 Å². The molecule has 5 heteroatoms. The highest BCUT2D eigenvalue weighted by molar-refractivity contribution is 7.88. The van der Waals surface area contributed by atoms with Crippen LogP contribution in [0.4, 0.5) is 5.69 Å². The molecule has 0 saturated carbocycles. The monoisotopic (exact) mass is 266 g/mol. The molecule has 98 valence electrons. The molecule has 0 aromatic heterocycles. The third-order valence-corrected chi connectivity index (χ3v) is 4.23. The summed E-state index contributed by atoms with van der Waals surface area (Å²) >= 11 is 0. The number of hydrogen-bond acceptors (Lipinski definition) is 3. The SMILES string of the molecule is C#CCN(CCC)S(=O)(=O)Cc1cccc(N)c1. The molecular weight excluding hydrogens is 248 g/mol. The van der Waals surface area contributed by atoms with Crippen molar-refractivity contribution in [1.82, 2.24) is 4.31 Å². The zero-order chi connectivity index (χ0) is 13.6. The second kappa shape index (κ2) is 6.43. The van der Waals surface area contributed by atoms with Gasteiger partial charge in [-0.15, -0.1) is 6.42 Å². The van der Waals surface area contributed by atoms with E-state index < -0.39 is 10.0 Å². The number of sulfonamides is 1. The first kappa shape index (κ1) is 14.6. The van der Waals surface area contributed by atoms with Crippen LogP contribution in [0.5, 0.6) is 0 Å². The van der Waals surface area contributed by atoms with Crippen molar-refractivity contribution in [1.29, 1.82) is 0 Å². The molecule has 1 aromatic carbocycles. The molecular formula is C13H18N2O2S. The minimum Gasteiger partial charge on any atom is -0.399 e. The molecule has 18 heavy (non-hydrogen) atoms. The highest BCUT2D eigenvalue weighted by Gasteiger charge is 2.20. The maximum Gasteiger partial charge on any atom is 0.219 e. The lowest BCUT2D eigenvalue weighted by Gasteiger charge is -2.19. The Labute approximate surface area is 109 Å². The Balaban J connectivity index is 2.89. The van der Waals surface area contributed by atoms with Crippen molar-refractivity contribution in [2.75, 3.05) is 18.8 Å².